The molecule has 4 N–H and O–H groups in total. The van der Waals surface area contributed by atoms with E-state index in [1.54, 1.807) is 13.2 Å². The number of anilines is 4. The SMILES string of the molecule is Cc1c(NC(=O)c2ccc(C(C)(C)C)cc2)cccc1-c1cn(C)c(=O)c(Nc2ccc(N3CCC(C(N)=O)CC3)cc2)n1. The molecule has 0 saturated carbocycles. The summed E-state index contributed by atoms with van der Waals surface area (Å²) in [7, 11) is 1.69. The lowest BCUT2D eigenvalue weighted by Gasteiger charge is -2.32. The highest BCUT2D eigenvalue weighted by molar-refractivity contribution is 6.05. The van der Waals surface area contributed by atoms with Crippen molar-refractivity contribution in [3.63, 3.8) is 0 Å². The smallest absolute Gasteiger partial charge is 0.293 e. The molecule has 2 heterocycles. The standard InChI is InChI=1S/C35H40N6O3/c1-22-28(7-6-8-29(22)39-33(43)24-9-11-25(12-10-24)35(2,3)4)30-21-40(5)34(44)32(38-30)37-26-13-15-27(16-14-26)41-19-17-23(18-20-41)31(36)42/h6-16,21,23H,17-20H2,1-5H3,(H2,36,42)(H,37,38)(H,39,43). The maximum atomic E-state index is 13.1. The van der Waals surface area contributed by atoms with Crippen LogP contribution in [0, 0.1) is 12.8 Å². The van der Waals surface area contributed by atoms with Gasteiger partial charge in [0.05, 0.1) is 5.69 Å². The monoisotopic (exact) mass is 592 g/mol. The predicted octanol–water partition coefficient (Wildman–Crippen LogP) is 5.75. The number of primary amides is 1. The van der Waals surface area contributed by atoms with Crippen LogP contribution < -0.4 is 26.8 Å². The summed E-state index contributed by atoms with van der Waals surface area (Å²) in [6.45, 7) is 9.89. The number of carbonyl (C=O) groups excluding carboxylic acids is 2. The van der Waals surface area contributed by atoms with Gasteiger partial charge in [-0.2, -0.15) is 0 Å². The number of benzene rings is 3. The minimum Gasteiger partial charge on any atom is -0.371 e. The molecular formula is C35H40N6O3. The largest absolute Gasteiger partial charge is 0.371 e. The first-order valence-corrected chi connectivity index (χ1v) is 14.9. The lowest BCUT2D eigenvalue weighted by Crippen LogP contribution is -2.38. The highest BCUT2D eigenvalue weighted by atomic mass is 16.2. The van der Waals surface area contributed by atoms with E-state index in [9.17, 15) is 14.4 Å². The van der Waals surface area contributed by atoms with Gasteiger partial charge in [-0.15, -0.1) is 0 Å². The van der Waals surface area contributed by atoms with Gasteiger partial charge in [-0.25, -0.2) is 4.98 Å². The van der Waals surface area contributed by atoms with Crippen LogP contribution in [0.5, 0.6) is 0 Å². The molecule has 0 bridgehead atoms. The summed E-state index contributed by atoms with van der Waals surface area (Å²) in [6, 6.07) is 21.1. The molecule has 5 rings (SSSR count). The molecule has 44 heavy (non-hydrogen) atoms. The number of amides is 2. The fraction of sp³-hybridized carbons (Fsp3) is 0.314. The average Bonchev–Trinajstić information content (AvgIpc) is 3.00. The average molecular weight is 593 g/mol. The molecule has 4 aromatic rings. The summed E-state index contributed by atoms with van der Waals surface area (Å²) in [4.78, 5) is 44.5. The second-order valence-corrected chi connectivity index (χ2v) is 12.5. The van der Waals surface area contributed by atoms with E-state index >= 15 is 0 Å². The molecule has 1 fully saturated rings. The topological polar surface area (TPSA) is 122 Å². The second kappa shape index (κ2) is 12.4. The van der Waals surface area contributed by atoms with Crippen LogP contribution in [0.15, 0.2) is 77.7 Å². The maximum absolute atomic E-state index is 13.1. The number of piperidine rings is 1. The van der Waals surface area contributed by atoms with Gasteiger partial charge in [0.15, 0.2) is 5.82 Å². The molecule has 228 valence electrons. The van der Waals surface area contributed by atoms with Crippen LogP contribution in [0.3, 0.4) is 0 Å². The summed E-state index contributed by atoms with van der Waals surface area (Å²) in [5.41, 5.74) is 11.7. The third-order valence-electron chi connectivity index (χ3n) is 8.33. The Morgan fingerprint density at radius 3 is 2.23 bits per heavy atom. The van der Waals surface area contributed by atoms with Crippen LogP contribution in [0.25, 0.3) is 11.3 Å². The van der Waals surface area contributed by atoms with Crippen molar-refractivity contribution in [3.05, 3.63) is 100.0 Å². The van der Waals surface area contributed by atoms with Crippen molar-refractivity contribution in [1.29, 1.82) is 0 Å². The fourth-order valence-corrected chi connectivity index (χ4v) is 5.50. The Morgan fingerprint density at radius 1 is 0.955 bits per heavy atom. The molecule has 2 amide bonds. The lowest BCUT2D eigenvalue weighted by atomic mass is 9.86. The minimum absolute atomic E-state index is 0.00558. The Morgan fingerprint density at radius 2 is 1.61 bits per heavy atom. The van der Waals surface area contributed by atoms with Gasteiger partial charge < -0.3 is 25.8 Å². The Labute approximate surface area is 258 Å². The minimum atomic E-state index is -0.257. The van der Waals surface area contributed by atoms with Gasteiger partial charge >= 0.3 is 0 Å². The Kier molecular flexibility index (Phi) is 8.58. The maximum Gasteiger partial charge on any atom is 0.293 e. The summed E-state index contributed by atoms with van der Waals surface area (Å²) < 4.78 is 1.50. The van der Waals surface area contributed by atoms with Gasteiger partial charge in [-0.05, 0) is 78.8 Å². The molecule has 0 atom stereocenters. The predicted molar refractivity (Wildman–Crippen MR) is 177 cm³/mol. The van der Waals surface area contributed by atoms with Gasteiger partial charge in [-0.1, -0.05) is 45.0 Å². The molecule has 0 spiro atoms. The molecule has 1 aliphatic heterocycles. The first kappa shape index (κ1) is 30.5. The van der Waals surface area contributed by atoms with E-state index in [4.69, 9.17) is 10.7 Å². The Bertz CT molecular complexity index is 1730. The molecule has 1 aliphatic rings. The molecule has 1 aromatic heterocycles. The molecule has 9 nitrogen and oxygen atoms in total. The van der Waals surface area contributed by atoms with Crippen molar-refractivity contribution < 1.29 is 9.59 Å². The van der Waals surface area contributed by atoms with E-state index in [1.807, 2.05) is 73.7 Å². The first-order valence-electron chi connectivity index (χ1n) is 14.9. The molecule has 0 unspecified atom stereocenters. The van der Waals surface area contributed by atoms with Crippen molar-refractivity contribution in [2.45, 2.75) is 46.0 Å². The number of hydrogen-bond acceptors (Lipinski definition) is 6. The normalized spacial score (nSPS) is 13.9. The number of aryl methyl sites for hydroxylation is 1. The van der Waals surface area contributed by atoms with Crippen molar-refractivity contribution in [1.82, 2.24) is 9.55 Å². The summed E-state index contributed by atoms with van der Waals surface area (Å²) in [5.74, 6) is -0.280. The highest BCUT2D eigenvalue weighted by Crippen LogP contribution is 2.29. The van der Waals surface area contributed by atoms with Gasteiger partial charge in [0.25, 0.3) is 11.5 Å². The number of nitrogens with two attached hydrogens (primary N) is 1. The van der Waals surface area contributed by atoms with E-state index in [0.717, 1.165) is 54.0 Å². The van der Waals surface area contributed by atoms with Gasteiger partial charge in [0.1, 0.15) is 0 Å². The van der Waals surface area contributed by atoms with Crippen LogP contribution in [0.1, 0.15) is 55.1 Å². The van der Waals surface area contributed by atoms with E-state index in [0.29, 0.717) is 16.9 Å². The zero-order chi connectivity index (χ0) is 31.6. The molecule has 0 aliphatic carbocycles. The van der Waals surface area contributed by atoms with E-state index < -0.39 is 0 Å². The quantitative estimate of drug-likeness (QED) is 0.251. The number of nitrogens with one attached hydrogen (secondary N) is 2. The summed E-state index contributed by atoms with van der Waals surface area (Å²) in [5, 5.41) is 6.22. The third-order valence-corrected chi connectivity index (χ3v) is 8.33. The van der Waals surface area contributed by atoms with Crippen molar-refractivity contribution in [2.24, 2.45) is 18.7 Å². The number of hydrogen-bond donors (Lipinski definition) is 3. The Balaban J connectivity index is 1.33. The molecule has 9 heteroatoms. The summed E-state index contributed by atoms with van der Waals surface area (Å²) >= 11 is 0. The number of nitrogens with zero attached hydrogens (tertiary/aromatic N) is 3. The number of carbonyl (C=O) groups is 2. The van der Waals surface area contributed by atoms with Crippen LogP contribution in [-0.4, -0.2) is 34.5 Å². The van der Waals surface area contributed by atoms with E-state index in [2.05, 4.69) is 36.3 Å². The first-order chi connectivity index (χ1) is 20.9. The van der Waals surface area contributed by atoms with Crippen LogP contribution >= 0.6 is 0 Å². The van der Waals surface area contributed by atoms with E-state index in [1.165, 1.54) is 4.57 Å². The van der Waals surface area contributed by atoms with Crippen LogP contribution in [0.4, 0.5) is 22.9 Å². The van der Waals surface area contributed by atoms with E-state index in [-0.39, 0.29) is 34.5 Å². The molecule has 0 radical (unpaired) electrons. The third kappa shape index (κ3) is 6.67. The molecule has 1 saturated heterocycles. The van der Waals surface area contributed by atoms with Gasteiger partial charge in [0, 0.05) is 60.4 Å². The number of aromatic nitrogens is 2. The molecular weight excluding hydrogens is 552 g/mol. The fourth-order valence-electron chi connectivity index (χ4n) is 5.50. The zero-order valence-corrected chi connectivity index (χ0v) is 26.0. The molecule has 3 aromatic carbocycles. The zero-order valence-electron chi connectivity index (χ0n) is 26.0. The van der Waals surface area contributed by atoms with Gasteiger partial charge in [-0.3, -0.25) is 14.4 Å². The lowest BCUT2D eigenvalue weighted by molar-refractivity contribution is -0.122. The van der Waals surface area contributed by atoms with Crippen molar-refractivity contribution in [3.8, 4) is 11.3 Å². The number of rotatable bonds is 7. The van der Waals surface area contributed by atoms with Crippen LogP contribution in [-0.2, 0) is 17.3 Å². The summed E-state index contributed by atoms with van der Waals surface area (Å²) in [6.07, 6.45) is 3.19. The highest BCUT2D eigenvalue weighted by Gasteiger charge is 2.23. The van der Waals surface area contributed by atoms with Crippen LogP contribution in [0.2, 0.25) is 0 Å². The van der Waals surface area contributed by atoms with Crippen molar-refractivity contribution in [2.75, 3.05) is 28.6 Å². The Hall–Kier alpha value is -4.92. The van der Waals surface area contributed by atoms with Crippen molar-refractivity contribution >= 4 is 34.7 Å². The second-order valence-electron chi connectivity index (χ2n) is 12.5. The van der Waals surface area contributed by atoms with Gasteiger partial charge in [0.2, 0.25) is 5.91 Å².